The quantitative estimate of drug-likeness (QED) is 0.506. The van der Waals surface area contributed by atoms with Crippen LogP contribution in [0, 0.1) is 0 Å². The van der Waals surface area contributed by atoms with Crippen LogP contribution in [-0.4, -0.2) is 7.11 Å². The Hall–Kier alpha value is -2.11. The van der Waals surface area contributed by atoms with Gasteiger partial charge in [0.25, 0.3) is 0 Å². The molecular weight excluding hydrogens is 311 g/mol. The number of ether oxygens (including phenoxy) is 1. The molecule has 2 aromatic carbocycles. The SMILES string of the molecule is COc1ccc(-c2cc(-c3ccccc3)pc(C(C)(C)C)c2)cc1. The van der Waals surface area contributed by atoms with Gasteiger partial charge in [0.05, 0.1) is 7.11 Å². The van der Waals surface area contributed by atoms with Gasteiger partial charge in [-0.25, -0.2) is 0 Å². The van der Waals surface area contributed by atoms with E-state index in [1.807, 2.05) is 12.1 Å². The highest BCUT2D eigenvalue weighted by Gasteiger charge is 2.17. The lowest BCUT2D eigenvalue weighted by atomic mass is 9.92. The third-order valence-electron chi connectivity index (χ3n) is 4.09. The third-order valence-corrected chi connectivity index (χ3v) is 5.76. The maximum Gasteiger partial charge on any atom is 0.118 e. The van der Waals surface area contributed by atoms with Crippen LogP contribution in [0.3, 0.4) is 0 Å². The molecule has 0 saturated heterocycles. The van der Waals surface area contributed by atoms with Gasteiger partial charge in [0.2, 0.25) is 0 Å². The summed E-state index contributed by atoms with van der Waals surface area (Å²) in [5, 5.41) is 2.79. The van der Waals surface area contributed by atoms with Gasteiger partial charge in [-0.2, -0.15) is 0 Å². The van der Waals surface area contributed by atoms with Gasteiger partial charge in [-0.3, -0.25) is 0 Å². The van der Waals surface area contributed by atoms with Crippen molar-refractivity contribution in [2.75, 3.05) is 7.11 Å². The van der Waals surface area contributed by atoms with Crippen molar-refractivity contribution in [3.05, 3.63) is 72.0 Å². The number of methoxy groups -OCH3 is 1. The average Bonchev–Trinajstić information content (AvgIpc) is 2.61. The van der Waals surface area contributed by atoms with Crippen molar-refractivity contribution in [3.8, 4) is 27.7 Å². The van der Waals surface area contributed by atoms with Gasteiger partial charge in [0.15, 0.2) is 0 Å². The van der Waals surface area contributed by atoms with Crippen LogP contribution in [0.1, 0.15) is 26.1 Å². The predicted octanol–water partition coefficient (Wildman–Crippen LogP) is 6.91. The highest BCUT2D eigenvalue weighted by atomic mass is 31.0. The Bertz CT molecular complexity index is 815. The second-order valence-electron chi connectivity index (χ2n) is 6.97. The van der Waals surface area contributed by atoms with Crippen molar-refractivity contribution in [3.63, 3.8) is 0 Å². The molecule has 1 heterocycles. The van der Waals surface area contributed by atoms with Gasteiger partial charge >= 0.3 is 0 Å². The van der Waals surface area contributed by atoms with Gasteiger partial charge in [0.1, 0.15) is 5.75 Å². The Kier molecular flexibility index (Phi) is 4.73. The van der Waals surface area contributed by atoms with Crippen LogP contribution >= 0.6 is 8.19 Å². The molecule has 1 nitrogen and oxygen atoms in total. The van der Waals surface area contributed by atoms with Gasteiger partial charge in [-0.05, 0) is 51.7 Å². The van der Waals surface area contributed by atoms with Crippen LogP contribution in [0.5, 0.6) is 5.75 Å². The second-order valence-corrected chi connectivity index (χ2v) is 8.16. The molecule has 3 rings (SSSR count). The molecule has 0 N–H and O–H groups in total. The zero-order valence-electron chi connectivity index (χ0n) is 14.7. The van der Waals surface area contributed by atoms with Crippen molar-refractivity contribution < 1.29 is 4.74 Å². The first-order chi connectivity index (χ1) is 11.5. The molecule has 0 atom stereocenters. The summed E-state index contributed by atoms with van der Waals surface area (Å²) in [5.74, 6) is 0.889. The van der Waals surface area contributed by atoms with Crippen LogP contribution < -0.4 is 4.74 Å². The highest BCUT2D eigenvalue weighted by Crippen LogP contribution is 2.41. The normalized spacial score (nSPS) is 11.7. The minimum absolute atomic E-state index is 0.146. The largest absolute Gasteiger partial charge is 0.497 e. The number of hydrogen-bond acceptors (Lipinski definition) is 1. The van der Waals surface area contributed by atoms with E-state index in [0.29, 0.717) is 0 Å². The smallest absolute Gasteiger partial charge is 0.118 e. The molecule has 0 amide bonds. The summed E-state index contributed by atoms with van der Waals surface area (Å²) in [6.45, 7) is 6.85. The summed E-state index contributed by atoms with van der Waals surface area (Å²) in [4.78, 5) is 0. The van der Waals surface area contributed by atoms with E-state index in [1.54, 1.807) is 7.11 Å². The molecule has 0 radical (unpaired) electrons. The monoisotopic (exact) mass is 334 g/mol. The Morgan fingerprint density at radius 3 is 2.00 bits per heavy atom. The fraction of sp³-hybridized carbons (Fsp3) is 0.227. The van der Waals surface area contributed by atoms with Gasteiger partial charge < -0.3 is 4.74 Å². The van der Waals surface area contributed by atoms with Gasteiger partial charge in [-0.15, -0.1) is 0 Å². The minimum Gasteiger partial charge on any atom is -0.497 e. The maximum absolute atomic E-state index is 5.28. The molecule has 1 aromatic heterocycles. The standard InChI is InChI=1S/C22H23OP/c1-22(2,3)21-15-18(16-10-12-19(23-4)13-11-16)14-20(24-21)17-8-6-5-7-9-17/h5-15H,1-4H3. The summed E-state index contributed by atoms with van der Waals surface area (Å²) in [5.41, 5.74) is 3.93. The Morgan fingerprint density at radius 1 is 0.750 bits per heavy atom. The summed E-state index contributed by atoms with van der Waals surface area (Å²) in [7, 11) is 3.00. The van der Waals surface area contributed by atoms with Crippen LogP contribution in [0.4, 0.5) is 0 Å². The summed E-state index contributed by atoms with van der Waals surface area (Å²) < 4.78 is 5.28. The number of benzene rings is 2. The van der Waals surface area contributed by atoms with E-state index in [9.17, 15) is 0 Å². The van der Waals surface area contributed by atoms with Crippen LogP contribution in [0.25, 0.3) is 22.0 Å². The topological polar surface area (TPSA) is 9.23 Å². The summed E-state index contributed by atoms with van der Waals surface area (Å²) in [6.07, 6.45) is 0. The van der Waals surface area contributed by atoms with Crippen molar-refractivity contribution >= 4 is 8.19 Å². The number of hydrogen-bond donors (Lipinski definition) is 0. The zero-order valence-corrected chi connectivity index (χ0v) is 15.6. The van der Waals surface area contributed by atoms with Gasteiger partial charge in [0, 0.05) is 5.30 Å². The lowest BCUT2D eigenvalue weighted by molar-refractivity contribution is 0.415. The first kappa shape index (κ1) is 16.7. The Labute approximate surface area is 146 Å². The lowest BCUT2D eigenvalue weighted by Crippen LogP contribution is -2.09. The van der Waals surface area contributed by atoms with E-state index in [2.05, 4.69) is 75.4 Å². The molecule has 122 valence electrons. The number of rotatable bonds is 3. The summed E-state index contributed by atoms with van der Waals surface area (Å²) >= 11 is 0. The molecule has 0 unspecified atom stereocenters. The average molecular weight is 334 g/mol. The molecule has 0 aliphatic rings. The van der Waals surface area contributed by atoms with Crippen molar-refractivity contribution in [2.45, 2.75) is 26.2 Å². The molecule has 0 spiro atoms. The fourth-order valence-electron chi connectivity index (χ4n) is 2.62. The molecule has 0 fully saturated rings. The van der Waals surface area contributed by atoms with Gasteiger partial charge in [-0.1, -0.05) is 71.4 Å². The van der Waals surface area contributed by atoms with E-state index in [0.717, 1.165) is 5.75 Å². The van der Waals surface area contributed by atoms with E-state index < -0.39 is 0 Å². The molecule has 2 heteroatoms. The minimum atomic E-state index is 0.146. The van der Waals surface area contributed by atoms with E-state index in [-0.39, 0.29) is 5.41 Å². The molecule has 0 saturated carbocycles. The van der Waals surface area contributed by atoms with E-state index in [4.69, 9.17) is 4.74 Å². The lowest BCUT2D eigenvalue weighted by Gasteiger charge is -2.21. The molecule has 0 aliphatic carbocycles. The van der Waals surface area contributed by atoms with Crippen LogP contribution in [0.15, 0.2) is 66.7 Å². The second kappa shape index (κ2) is 6.79. The molecule has 3 aromatic rings. The third kappa shape index (κ3) is 3.68. The first-order valence-corrected chi connectivity index (χ1v) is 9.09. The highest BCUT2D eigenvalue weighted by molar-refractivity contribution is 7.34. The van der Waals surface area contributed by atoms with Crippen LogP contribution in [-0.2, 0) is 5.41 Å². The zero-order chi connectivity index (χ0) is 17.2. The Balaban J connectivity index is 2.14. The molecule has 24 heavy (non-hydrogen) atoms. The molecule has 0 aliphatic heterocycles. The van der Waals surface area contributed by atoms with E-state index in [1.165, 1.54) is 35.5 Å². The van der Waals surface area contributed by atoms with Crippen LogP contribution in [0.2, 0.25) is 0 Å². The van der Waals surface area contributed by atoms with Crippen molar-refractivity contribution in [1.29, 1.82) is 0 Å². The summed E-state index contributed by atoms with van der Waals surface area (Å²) in [6, 6.07) is 23.6. The van der Waals surface area contributed by atoms with Crippen molar-refractivity contribution in [2.24, 2.45) is 0 Å². The molecule has 0 bridgehead atoms. The van der Waals surface area contributed by atoms with E-state index >= 15 is 0 Å². The Morgan fingerprint density at radius 2 is 1.42 bits per heavy atom. The van der Waals surface area contributed by atoms with Crippen molar-refractivity contribution in [1.82, 2.24) is 0 Å². The molecular formula is C22H23OP. The first-order valence-electron chi connectivity index (χ1n) is 8.20. The predicted molar refractivity (Wildman–Crippen MR) is 105 cm³/mol. The maximum atomic E-state index is 5.28. The fourth-order valence-corrected chi connectivity index (χ4v) is 3.90.